The second-order valence-corrected chi connectivity index (χ2v) is 13.3. The summed E-state index contributed by atoms with van der Waals surface area (Å²) in [6.45, 7) is 5.70. The highest BCUT2D eigenvalue weighted by Gasteiger charge is 2.36. The molecule has 4 heteroatoms. The Bertz CT molecular complexity index is 1660. The molecule has 248 valence electrons. The number of hydrogen-bond acceptors (Lipinski definition) is 4. The lowest BCUT2D eigenvalue weighted by Gasteiger charge is -2.40. The lowest BCUT2D eigenvalue weighted by Crippen LogP contribution is -2.45. The summed E-state index contributed by atoms with van der Waals surface area (Å²) in [6, 6.07) is 45.3. The summed E-state index contributed by atoms with van der Waals surface area (Å²) in [4.78, 5) is 0. The fraction of sp³-hybridized carbons (Fsp3) is 0.318. The monoisotopic (exact) mass is 638 g/mol. The molecule has 6 rings (SSSR count). The third-order valence-corrected chi connectivity index (χ3v) is 9.60. The van der Waals surface area contributed by atoms with Gasteiger partial charge < -0.3 is 20.1 Å². The minimum absolute atomic E-state index is 0.292. The number of benzene rings is 5. The summed E-state index contributed by atoms with van der Waals surface area (Å²) in [5, 5.41) is 7.01. The molecule has 5 aromatic carbocycles. The summed E-state index contributed by atoms with van der Waals surface area (Å²) >= 11 is 0. The first-order valence-corrected chi connectivity index (χ1v) is 17.8. The van der Waals surface area contributed by atoms with Crippen molar-refractivity contribution in [1.29, 1.82) is 0 Å². The van der Waals surface area contributed by atoms with E-state index in [-0.39, 0.29) is 0 Å². The van der Waals surface area contributed by atoms with Crippen LogP contribution in [0.4, 0.5) is 22.7 Å². The Hall–Kier alpha value is -4.38. The maximum Gasteiger partial charge on any atom is 0.0566 e. The van der Waals surface area contributed by atoms with Crippen LogP contribution in [0.25, 0.3) is 22.3 Å². The van der Waals surface area contributed by atoms with Gasteiger partial charge in [0.1, 0.15) is 0 Å². The lowest BCUT2D eigenvalue weighted by atomic mass is 9.84. The molecule has 1 fully saturated rings. The molecule has 1 aliphatic heterocycles. The molecule has 1 saturated heterocycles. The van der Waals surface area contributed by atoms with Gasteiger partial charge in [0, 0.05) is 34.8 Å². The van der Waals surface area contributed by atoms with Crippen molar-refractivity contribution < 1.29 is 9.47 Å². The highest BCUT2D eigenvalue weighted by atomic mass is 16.5. The van der Waals surface area contributed by atoms with Crippen LogP contribution in [0.15, 0.2) is 127 Å². The Morgan fingerprint density at radius 1 is 0.562 bits per heavy atom. The highest BCUT2D eigenvalue weighted by molar-refractivity contribution is 5.76. The number of hydrogen-bond donors (Lipinski definition) is 2. The molecule has 0 spiro atoms. The zero-order chi connectivity index (χ0) is 32.9. The van der Waals surface area contributed by atoms with Crippen LogP contribution in [0.3, 0.4) is 0 Å². The number of aryl methyl sites for hydroxylation is 1. The predicted molar refractivity (Wildman–Crippen MR) is 203 cm³/mol. The van der Waals surface area contributed by atoms with Gasteiger partial charge in [-0.25, -0.2) is 0 Å². The normalized spacial score (nSPS) is 13.5. The van der Waals surface area contributed by atoms with Crippen LogP contribution in [0.1, 0.15) is 57.4 Å². The molecule has 0 radical (unpaired) electrons. The third-order valence-electron chi connectivity index (χ3n) is 9.60. The standard InChI is InChI=1S/C44H50N2O2/c1-2-44(33-48-34-44)32-47-30-14-6-4-3-5-9-15-38-31-37(35-20-25-41(26-21-35)45-39-16-10-7-11-17-39)24-29-43(38)36-22-27-42(28-23-36)46-40-18-12-8-13-19-40/h7-8,10-13,16-29,31,45-46H,2-6,9,14-15,30,32-34H2,1H3. The molecule has 0 bridgehead atoms. The Labute approximate surface area is 287 Å². The molecule has 4 nitrogen and oxygen atoms in total. The Morgan fingerprint density at radius 2 is 1.08 bits per heavy atom. The average molecular weight is 639 g/mol. The minimum Gasteiger partial charge on any atom is -0.381 e. The molecule has 0 unspecified atom stereocenters. The van der Waals surface area contributed by atoms with E-state index in [1.807, 2.05) is 12.1 Å². The van der Waals surface area contributed by atoms with Crippen LogP contribution >= 0.6 is 0 Å². The van der Waals surface area contributed by atoms with E-state index in [9.17, 15) is 0 Å². The number of unbranched alkanes of at least 4 members (excludes halogenated alkanes) is 5. The van der Waals surface area contributed by atoms with Crippen molar-refractivity contribution >= 4 is 22.7 Å². The van der Waals surface area contributed by atoms with Crippen molar-refractivity contribution in [3.05, 3.63) is 133 Å². The highest BCUT2D eigenvalue weighted by Crippen LogP contribution is 2.33. The number of para-hydroxylation sites is 2. The van der Waals surface area contributed by atoms with Gasteiger partial charge in [-0.05, 0) is 102 Å². The zero-order valence-corrected chi connectivity index (χ0v) is 28.4. The van der Waals surface area contributed by atoms with E-state index in [0.29, 0.717) is 5.41 Å². The molecule has 0 aliphatic carbocycles. The average Bonchev–Trinajstić information content (AvgIpc) is 3.12. The van der Waals surface area contributed by atoms with Gasteiger partial charge in [0.05, 0.1) is 19.8 Å². The predicted octanol–water partition coefficient (Wildman–Crippen LogP) is 11.8. The van der Waals surface area contributed by atoms with E-state index in [1.54, 1.807) is 0 Å². The SMILES string of the molecule is CCC1(COCCCCCCCCc2cc(-c3ccc(Nc4ccccc4)cc3)ccc2-c2ccc(Nc3ccccc3)cc2)COC1. The molecule has 1 heterocycles. The Kier molecular flexibility index (Phi) is 12.0. The van der Waals surface area contributed by atoms with Crippen molar-refractivity contribution in [1.82, 2.24) is 0 Å². The first kappa shape index (κ1) is 33.5. The molecule has 5 aromatic rings. The summed E-state index contributed by atoms with van der Waals surface area (Å²) in [7, 11) is 0. The molecule has 0 aromatic heterocycles. The number of ether oxygens (including phenoxy) is 2. The van der Waals surface area contributed by atoms with Gasteiger partial charge in [-0.3, -0.25) is 0 Å². The van der Waals surface area contributed by atoms with E-state index >= 15 is 0 Å². The Morgan fingerprint density at radius 3 is 1.65 bits per heavy atom. The summed E-state index contributed by atoms with van der Waals surface area (Å²) in [6.07, 6.45) is 9.61. The van der Waals surface area contributed by atoms with Crippen molar-refractivity contribution in [2.24, 2.45) is 5.41 Å². The van der Waals surface area contributed by atoms with Crippen molar-refractivity contribution in [3.8, 4) is 22.3 Å². The first-order chi connectivity index (χ1) is 23.7. The maximum atomic E-state index is 6.00. The van der Waals surface area contributed by atoms with Gasteiger partial charge in [0.15, 0.2) is 0 Å². The van der Waals surface area contributed by atoms with E-state index in [1.165, 1.54) is 59.9 Å². The smallest absolute Gasteiger partial charge is 0.0566 e. The van der Waals surface area contributed by atoms with Crippen LogP contribution in [0.5, 0.6) is 0 Å². The van der Waals surface area contributed by atoms with Gasteiger partial charge in [-0.1, -0.05) is 111 Å². The van der Waals surface area contributed by atoms with Crippen LogP contribution in [0, 0.1) is 5.41 Å². The molecular formula is C44H50N2O2. The summed E-state index contributed by atoms with van der Waals surface area (Å²) in [5.74, 6) is 0. The fourth-order valence-electron chi connectivity index (χ4n) is 6.41. The van der Waals surface area contributed by atoms with Crippen LogP contribution in [-0.4, -0.2) is 26.4 Å². The van der Waals surface area contributed by atoms with Crippen LogP contribution in [0.2, 0.25) is 0 Å². The largest absolute Gasteiger partial charge is 0.381 e. The van der Waals surface area contributed by atoms with Gasteiger partial charge in [-0.15, -0.1) is 0 Å². The second-order valence-electron chi connectivity index (χ2n) is 13.3. The number of nitrogens with one attached hydrogen (secondary N) is 2. The summed E-state index contributed by atoms with van der Waals surface area (Å²) in [5.41, 5.74) is 11.2. The van der Waals surface area contributed by atoms with Crippen LogP contribution < -0.4 is 10.6 Å². The van der Waals surface area contributed by atoms with Gasteiger partial charge >= 0.3 is 0 Å². The van der Waals surface area contributed by atoms with Gasteiger partial charge in [0.25, 0.3) is 0 Å². The molecular weight excluding hydrogens is 588 g/mol. The quantitative estimate of drug-likeness (QED) is 0.0937. The van der Waals surface area contributed by atoms with Gasteiger partial charge in [-0.2, -0.15) is 0 Å². The zero-order valence-electron chi connectivity index (χ0n) is 28.4. The molecule has 2 N–H and O–H groups in total. The van der Waals surface area contributed by atoms with Crippen molar-refractivity contribution in [2.75, 3.05) is 37.1 Å². The topological polar surface area (TPSA) is 42.5 Å². The van der Waals surface area contributed by atoms with E-state index < -0.39 is 0 Å². The van der Waals surface area contributed by atoms with E-state index in [4.69, 9.17) is 9.47 Å². The molecule has 0 amide bonds. The van der Waals surface area contributed by atoms with Crippen molar-refractivity contribution in [3.63, 3.8) is 0 Å². The van der Waals surface area contributed by atoms with E-state index in [2.05, 4.69) is 133 Å². The third kappa shape index (κ3) is 9.37. The first-order valence-electron chi connectivity index (χ1n) is 17.8. The number of rotatable bonds is 18. The van der Waals surface area contributed by atoms with Crippen LogP contribution in [-0.2, 0) is 15.9 Å². The lowest BCUT2D eigenvalue weighted by molar-refractivity contribution is -0.150. The minimum atomic E-state index is 0.292. The second kappa shape index (κ2) is 17.1. The number of anilines is 4. The summed E-state index contributed by atoms with van der Waals surface area (Å²) < 4.78 is 11.4. The molecule has 1 aliphatic rings. The molecule has 0 saturated carbocycles. The Balaban J connectivity index is 1.06. The molecule has 48 heavy (non-hydrogen) atoms. The maximum absolute atomic E-state index is 6.00. The fourth-order valence-corrected chi connectivity index (χ4v) is 6.41. The van der Waals surface area contributed by atoms with Crippen molar-refractivity contribution in [2.45, 2.75) is 58.3 Å². The van der Waals surface area contributed by atoms with Gasteiger partial charge in [0.2, 0.25) is 0 Å². The molecule has 0 atom stereocenters. The van der Waals surface area contributed by atoms with E-state index in [0.717, 1.165) is 68.4 Å².